The fourth-order valence-corrected chi connectivity index (χ4v) is 1.85. The van der Waals surface area contributed by atoms with E-state index in [-0.39, 0.29) is 5.78 Å². The van der Waals surface area contributed by atoms with Gasteiger partial charge >= 0.3 is 0 Å². The molecule has 0 aliphatic carbocycles. The van der Waals surface area contributed by atoms with E-state index in [0.717, 1.165) is 24.2 Å². The van der Waals surface area contributed by atoms with Crippen molar-refractivity contribution in [2.45, 2.75) is 26.7 Å². The Morgan fingerprint density at radius 1 is 1.20 bits per heavy atom. The molecule has 0 saturated heterocycles. The molecule has 1 aromatic heterocycles. The van der Waals surface area contributed by atoms with E-state index < -0.39 is 0 Å². The maximum absolute atomic E-state index is 12.3. The molecule has 0 bridgehead atoms. The van der Waals surface area contributed by atoms with Gasteiger partial charge in [-0.25, -0.2) is 0 Å². The normalized spacial score (nSPS) is 10.3. The Hall–Kier alpha value is -2.16. The summed E-state index contributed by atoms with van der Waals surface area (Å²) in [4.78, 5) is 16.4. The van der Waals surface area contributed by atoms with Gasteiger partial charge in [0.25, 0.3) is 0 Å². The maximum atomic E-state index is 12.3. The molecule has 3 nitrogen and oxygen atoms in total. The quantitative estimate of drug-likeness (QED) is 0.591. The average Bonchev–Trinajstić information content (AvgIpc) is 2.47. The minimum Gasteiger partial charge on any atom is -0.494 e. The van der Waals surface area contributed by atoms with Gasteiger partial charge in [-0.2, -0.15) is 0 Å². The van der Waals surface area contributed by atoms with E-state index in [1.54, 1.807) is 24.4 Å². The third kappa shape index (κ3) is 3.67. The van der Waals surface area contributed by atoms with Gasteiger partial charge in [0.05, 0.1) is 6.61 Å². The number of carbonyl (C=O) groups excluding carboxylic acids is 1. The predicted molar refractivity (Wildman–Crippen MR) is 79.3 cm³/mol. The molecule has 0 amide bonds. The summed E-state index contributed by atoms with van der Waals surface area (Å²) in [5.74, 6) is 0.737. The zero-order valence-electron chi connectivity index (χ0n) is 11.9. The van der Waals surface area contributed by atoms with Crippen molar-refractivity contribution >= 4 is 5.78 Å². The third-order valence-electron chi connectivity index (χ3n) is 3.03. The van der Waals surface area contributed by atoms with Crippen molar-refractivity contribution in [1.29, 1.82) is 0 Å². The van der Waals surface area contributed by atoms with E-state index in [0.29, 0.717) is 17.9 Å². The Morgan fingerprint density at radius 3 is 2.60 bits per heavy atom. The number of aromatic nitrogens is 1. The molecule has 0 saturated carbocycles. The van der Waals surface area contributed by atoms with Gasteiger partial charge in [0, 0.05) is 11.8 Å². The Balaban J connectivity index is 2.07. The minimum absolute atomic E-state index is 0.0613. The Labute approximate surface area is 119 Å². The van der Waals surface area contributed by atoms with Crippen molar-refractivity contribution in [3.05, 3.63) is 59.4 Å². The number of unbranched alkanes of at least 4 members (excludes halogenated alkanes) is 1. The van der Waals surface area contributed by atoms with Gasteiger partial charge in [0.1, 0.15) is 11.4 Å². The van der Waals surface area contributed by atoms with Crippen molar-refractivity contribution < 1.29 is 9.53 Å². The van der Waals surface area contributed by atoms with Crippen molar-refractivity contribution in [3.8, 4) is 5.75 Å². The van der Waals surface area contributed by atoms with Crippen LogP contribution >= 0.6 is 0 Å². The van der Waals surface area contributed by atoms with Crippen LogP contribution < -0.4 is 4.74 Å². The van der Waals surface area contributed by atoms with E-state index in [1.807, 2.05) is 25.1 Å². The molecular formula is C17H19NO2. The first-order chi connectivity index (χ1) is 9.70. The molecule has 1 aromatic carbocycles. The molecule has 0 radical (unpaired) electrons. The SMILES string of the molecule is CCCCOc1ccc(C(=O)c2cc(C)ccn2)cc1. The van der Waals surface area contributed by atoms with Crippen molar-refractivity contribution in [1.82, 2.24) is 4.98 Å². The van der Waals surface area contributed by atoms with Crippen LogP contribution in [-0.4, -0.2) is 17.4 Å². The van der Waals surface area contributed by atoms with E-state index in [1.165, 1.54) is 0 Å². The van der Waals surface area contributed by atoms with Crippen LogP contribution in [0.3, 0.4) is 0 Å². The second-order valence-electron chi connectivity index (χ2n) is 4.77. The van der Waals surface area contributed by atoms with Crippen molar-refractivity contribution in [3.63, 3.8) is 0 Å². The molecule has 0 N–H and O–H groups in total. The number of benzene rings is 1. The first kappa shape index (κ1) is 14.3. The maximum Gasteiger partial charge on any atom is 0.211 e. The Morgan fingerprint density at radius 2 is 1.95 bits per heavy atom. The molecule has 0 aliphatic heterocycles. The molecule has 0 unspecified atom stereocenters. The summed E-state index contributed by atoms with van der Waals surface area (Å²) in [6, 6.07) is 10.9. The molecule has 2 rings (SSSR count). The van der Waals surface area contributed by atoms with Crippen LogP contribution in [0.1, 0.15) is 41.4 Å². The van der Waals surface area contributed by atoms with Crippen LogP contribution in [0.15, 0.2) is 42.6 Å². The molecule has 2 aromatic rings. The van der Waals surface area contributed by atoms with Gasteiger partial charge in [0.15, 0.2) is 0 Å². The van der Waals surface area contributed by atoms with Gasteiger partial charge in [-0.05, 0) is 55.3 Å². The lowest BCUT2D eigenvalue weighted by molar-refractivity contribution is 0.103. The first-order valence-electron chi connectivity index (χ1n) is 6.91. The second kappa shape index (κ2) is 6.85. The van der Waals surface area contributed by atoms with Gasteiger partial charge in [-0.15, -0.1) is 0 Å². The summed E-state index contributed by atoms with van der Waals surface area (Å²) in [6.45, 7) is 4.78. The van der Waals surface area contributed by atoms with Crippen molar-refractivity contribution in [2.75, 3.05) is 6.61 Å². The molecule has 0 aliphatic rings. The lowest BCUT2D eigenvalue weighted by Gasteiger charge is -2.06. The Kier molecular flexibility index (Phi) is 4.88. The van der Waals surface area contributed by atoms with Gasteiger partial charge in [0.2, 0.25) is 5.78 Å². The van der Waals surface area contributed by atoms with Crippen LogP contribution in [0.2, 0.25) is 0 Å². The zero-order valence-corrected chi connectivity index (χ0v) is 11.9. The lowest BCUT2D eigenvalue weighted by atomic mass is 10.1. The monoisotopic (exact) mass is 269 g/mol. The second-order valence-corrected chi connectivity index (χ2v) is 4.77. The number of carbonyl (C=O) groups is 1. The summed E-state index contributed by atoms with van der Waals surface area (Å²) in [7, 11) is 0. The molecule has 1 heterocycles. The highest BCUT2D eigenvalue weighted by Gasteiger charge is 2.10. The fraction of sp³-hybridized carbons (Fsp3) is 0.294. The number of ketones is 1. The number of rotatable bonds is 6. The number of aryl methyl sites for hydroxylation is 1. The molecule has 104 valence electrons. The standard InChI is InChI=1S/C17H19NO2/c1-3-4-11-20-15-7-5-14(6-8-15)17(19)16-12-13(2)9-10-18-16/h5-10,12H,3-4,11H2,1-2H3. The third-order valence-corrected chi connectivity index (χ3v) is 3.03. The van der Waals surface area contributed by atoms with Crippen LogP contribution in [0, 0.1) is 6.92 Å². The summed E-state index contributed by atoms with van der Waals surface area (Å²) in [6.07, 6.45) is 3.80. The largest absolute Gasteiger partial charge is 0.494 e. The summed E-state index contributed by atoms with van der Waals surface area (Å²) in [5, 5.41) is 0. The molecule has 0 atom stereocenters. The molecule has 3 heteroatoms. The van der Waals surface area contributed by atoms with Crippen LogP contribution in [0.4, 0.5) is 0 Å². The van der Waals surface area contributed by atoms with Crippen LogP contribution in [0.25, 0.3) is 0 Å². The van der Waals surface area contributed by atoms with Crippen LogP contribution in [-0.2, 0) is 0 Å². The highest BCUT2D eigenvalue weighted by molar-refractivity contribution is 6.07. The van der Waals surface area contributed by atoms with Gasteiger partial charge < -0.3 is 4.74 Å². The summed E-state index contributed by atoms with van der Waals surface area (Å²) < 4.78 is 5.58. The number of nitrogens with zero attached hydrogens (tertiary/aromatic N) is 1. The first-order valence-corrected chi connectivity index (χ1v) is 6.91. The number of hydrogen-bond acceptors (Lipinski definition) is 3. The number of ether oxygens (including phenoxy) is 1. The van der Waals surface area contributed by atoms with E-state index >= 15 is 0 Å². The Bertz CT molecular complexity index is 576. The van der Waals surface area contributed by atoms with Crippen molar-refractivity contribution in [2.24, 2.45) is 0 Å². The van der Waals surface area contributed by atoms with E-state index in [9.17, 15) is 4.79 Å². The zero-order chi connectivity index (χ0) is 14.4. The number of hydrogen-bond donors (Lipinski definition) is 0. The highest BCUT2D eigenvalue weighted by atomic mass is 16.5. The molecule has 0 spiro atoms. The minimum atomic E-state index is -0.0613. The molecule has 20 heavy (non-hydrogen) atoms. The molecule has 0 fully saturated rings. The predicted octanol–water partition coefficient (Wildman–Crippen LogP) is 3.80. The topological polar surface area (TPSA) is 39.2 Å². The number of pyridine rings is 1. The van der Waals surface area contributed by atoms with Crippen LogP contribution in [0.5, 0.6) is 5.75 Å². The average molecular weight is 269 g/mol. The smallest absolute Gasteiger partial charge is 0.211 e. The lowest BCUT2D eigenvalue weighted by Crippen LogP contribution is -2.04. The summed E-state index contributed by atoms with van der Waals surface area (Å²) >= 11 is 0. The van der Waals surface area contributed by atoms with Gasteiger partial charge in [-0.3, -0.25) is 9.78 Å². The van der Waals surface area contributed by atoms with E-state index in [2.05, 4.69) is 11.9 Å². The summed E-state index contributed by atoms with van der Waals surface area (Å²) in [5.41, 5.74) is 2.14. The van der Waals surface area contributed by atoms with Gasteiger partial charge in [-0.1, -0.05) is 13.3 Å². The fourth-order valence-electron chi connectivity index (χ4n) is 1.85. The van der Waals surface area contributed by atoms with E-state index in [4.69, 9.17) is 4.74 Å². The molecular weight excluding hydrogens is 250 g/mol. The highest BCUT2D eigenvalue weighted by Crippen LogP contribution is 2.15.